The van der Waals surface area contributed by atoms with Crippen molar-refractivity contribution in [3.63, 3.8) is 0 Å². The fourth-order valence-corrected chi connectivity index (χ4v) is 2.49. The van der Waals surface area contributed by atoms with Crippen molar-refractivity contribution >= 4 is 27.3 Å². The van der Waals surface area contributed by atoms with Gasteiger partial charge in [0.05, 0.1) is 15.5 Å². The lowest BCUT2D eigenvalue weighted by Gasteiger charge is -2.32. The molecule has 1 aromatic rings. The highest BCUT2D eigenvalue weighted by atomic mass is 79.9. The molecule has 1 heterocycles. The van der Waals surface area contributed by atoms with Crippen molar-refractivity contribution in [3.8, 4) is 0 Å². The Hall–Kier alpha value is -1.21. The molecule has 0 saturated carbocycles. The third-order valence-corrected chi connectivity index (χ3v) is 3.62. The van der Waals surface area contributed by atoms with Gasteiger partial charge in [-0.15, -0.1) is 0 Å². The zero-order chi connectivity index (χ0) is 13.3. The molecule has 1 fully saturated rings. The van der Waals surface area contributed by atoms with Crippen LogP contribution in [0.5, 0.6) is 0 Å². The third kappa shape index (κ3) is 2.62. The maximum atomic E-state index is 13.4. The Morgan fingerprint density at radius 3 is 2.89 bits per heavy atom. The van der Waals surface area contributed by atoms with E-state index in [1.807, 2.05) is 4.90 Å². The second-order valence-electron chi connectivity index (χ2n) is 4.36. The second-order valence-corrected chi connectivity index (χ2v) is 5.21. The van der Waals surface area contributed by atoms with Gasteiger partial charge < -0.3 is 10.6 Å². The van der Waals surface area contributed by atoms with Crippen LogP contribution >= 0.6 is 15.9 Å². The molecule has 0 aliphatic carbocycles. The number of nitro benzene ring substituents is 1. The summed E-state index contributed by atoms with van der Waals surface area (Å²) in [7, 11) is 0. The fraction of sp³-hybridized carbons (Fsp3) is 0.455. The van der Waals surface area contributed by atoms with Crippen molar-refractivity contribution in [1.82, 2.24) is 0 Å². The number of hydrogen-bond donors (Lipinski definition) is 1. The SMILES string of the molecule is NC1CCCN(c2cc(Br)c(F)cc2[N+](=O)[O-])C1. The van der Waals surface area contributed by atoms with E-state index in [9.17, 15) is 14.5 Å². The Bertz CT molecular complexity index is 484. The molecule has 1 aliphatic heterocycles. The molecule has 0 spiro atoms. The molecule has 0 aromatic heterocycles. The molecule has 1 aromatic carbocycles. The smallest absolute Gasteiger partial charge is 0.295 e. The average molecular weight is 318 g/mol. The van der Waals surface area contributed by atoms with Crippen LogP contribution in [0, 0.1) is 15.9 Å². The monoisotopic (exact) mass is 317 g/mol. The molecule has 1 aliphatic rings. The predicted octanol–water partition coefficient (Wildman–Crippen LogP) is 2.42. The molecule has 0 radical (unpaired) electrons. The minimum Gasteiger partial charge on any atom is -0.364 e. The molecule has 7 heteroatoms. The standard InChI is InChI=1S/C11H13BrFN3O2/c12-8-4-10(11(16(17)18)5-9(8)13)15-3-1-2-7(14)6-15/h4-5,7H,1-3,6,14H2. The number of halogens is 2. The lowest BCUT2D eigenvalue weighted by atomic mass is 10.1. The Kier molecular flexibility index (Phi) is 3.82. The van der Waals surface area contributed by atoms with E-state index in [-0.39, 0.29) is 16.2 Å². The van der Waals surface area contributed by atoms with Gasteiger partial charge in [-0.25, -0.2) is 4.39 Å². The molecule has 2 rings (SSSR count). The molecule has 18 heavy (non-hydrogen) atoms. The molecule has 98 valence electrons. The van der Waals surface area contributed by atoms with Crippen molar-refractivity contribution in [2.45, 2.75) is 18.9 Å². The van der Waals surface area contributed by atoms with Crippen molar-refractivity contribution in [1.29, 1.82) is 0 Å². The second kappa shape index (κ2) is 5.19. The summed E-state index contributed by atoms with van der Waals surface area (Å²) in [5.41, 5.74) is 6.06. The van der Waals surface area contributed by atoms with Crippen LogP contribution < -0.4 is 10.6 Å². The summed E-state index contributed by atoms with van der Waals surface area (Å²) < 4.78 is 13.6. The summed E-state index contributed by atoms with van der Waals surface area (Å²) in [4.78, 5) is 12.3. The lowest BCUT2D eigenvalue weighted by Crippen LogP contribution is -2.43. The quantitative estimate of drug-likeness (QED) is 0.671. The number of nitrogens with zero attached hydrogens (tertiary/aromatic N) is 2. The summed E-state index contributed by atoms with van der Waals surface area (Å²) in [5.74, 6) is -0.633. The van der Waals surface area contributed by atoms with Gasteiger partial charge in [0.15, 0.2) is 0 Å². The van der Waals surface area contributed by atoms with Gasteiger partial charge in [0.25, 0.3) is 5.69 Å². The highest BCUT2D eigenvalue weighted by molar-refractivity contribution is 9.10. The minimum atomic E-state index is -0.633. The zero-order valence-electron chi connectivity index (χ0n) is 9.60. The summed E-state index contributed by atoms with van der Waals surface area (Å²) in [5, 5.41) is 11.0. The number of hydrogen-bond acceptors (Lipinski definition) is 4. The molecule has 5 nitrogen and oxygen atoms in total. The maximum Gasteiger partial charge on any atom is 0.295 e. The van der Waals surface area contributed by atoms with Crippen LogP contribution in [0.2, 0.25) is 0 Å². The first kappa shape index (κ1) is 13.2. The Morgan fingerprint density at radius 2 is 2.28 bits per heavy atom. The summed E-state index contributed by atoms with van der Waals surface area (Å²) in [6.07, 6.45) is 1.79. The Labute approximate surface area is 112 Å². The normalized spacial score (nSPS) is 19.9. The summed E-state index contributed by atoms with van der Waals surface area (Å²) in [6, 6.07) is 2.40. The van der Waals surface area contributed by atoms with E-state index in [2.05, 4.69) is 15.9 Å². The fourth-order valence-electron chi connectivity index (χ4n) is 2.15. The zero-order valence-corrected chi connectivity index (χ0v) is 11.2. The van der Waals surface area contributed by atoms with Gasteiger partial charge in [-0.1, -0.05) is 0 Å². The van der Waals surface area contributed by atoms with Gasteiger partial charge in [0, 0.05) is 19.1 Å². The molecule has 1 unspecified atom stereocenters. The molecule has 1 saturated heterocycles. The van der Waals surface area contributed by atoms with Gasteiger partial charge in [0.2, 0.25) is 0 Å². The van der Waals surface area contributed by atoms with Gasteiger partial charge in [-0.2, -0.15) is 0 Å². The van der Waals surface area contributed by atoms with Crippen molar-refractivity contribution in [2.75, 3.05) is 18.0 Å². The first-order valence-corrected chi connectivity index (χ1v) is 6.42. The van der Waals surface area contributed by atoms with E-state index in [0.29, 0.717) is 18.8 Å². The average Bonchev–Trinajstić information content (AvgIpc) is 2.31. The molecular formula is C11H13BrFN3O2. The molecule has 0 amide bonds. The minimum absolute atomic E-state index is 0.00202. The highest BCUT2D eigenvalue weighted by Crippen LogP contribution is 2.34. The maximum absolute atomic E-state index is 13.4. The van der Waals surface area contributed by atoms with E-state index < -0.39 is 10.7 Å². The number of benzene rings is 1. The van der Waals surface area contributed by atoms with Gasteiger partial charge in [-0.05, 0) is 34.8 Å². The first-order valence-electron chi connectivity index (χ1n) is 5.63. The van der Waals surface area contributed by atoms with Gasteiger partial charge >= 0.3 is 0 Å². The lowest BCUT2D eigenvalue weighted by molar-refractivity contribution is -0.384. The largest absolute Gasteiger partial charge is 0.364 e. The van der Waals surface area contributed by atoms with Crippen LogP contribution in [-0.2, 0) is 0 Å². The van der Waals surface area contributed by atoms with Gasteiger partial charge in [-0.3, -0.25) is 10.1 Å². The Morgan fingerprint density at radius 1 is 1.56 bits per heavy atom. The molecular weight excluding hydrogens is 305 g/mol. The molecule has 2 N–H and O–H groups in total. The van der Waals surface area contributed by atoms with Crippen LogP contribution in [0.1, 0.15) is 12.8 Å². The topological polar surface area (TPSA) is 72.4 Å². The number of rotatable bonds is 2. The van der Waals surface area contributed by atoms with Gasteiger partial charge in [0.1, 0.15) is 11.5 Å². The van der Waals surface area contributed by atoms with Crippen molar-refractivity contribution in [2.24, 2.45) is 5.73 Å². The van der Waals surface area contributed by atoms with E-state index in [4.69, 9.17) is 5.73 Å². The van der Waals surface area contributed by atoms with Crippen LogP contribution in [0.3, 0.4) is 0 Å². The summed E-state index contributed by atoms with van der Waals surface area (Å²) >= 11 is 3.06. The molecule has 0 bridgehead atoms. The summed E-state index contributed by atoms with van der Waals surface area (Å²) in [6.45, 7) is 1.26. The van der Waals surface area contributed by atoms with E-state index in [1.165, 1.54) is 6.07 Å². The predicted molar refractivity (Wildman–Crippen MR) is 70.2 cm³/mol. The van der Waals surface area contributed by atoms with Crippen LogP contribution in [-0.4, -0.2) is 24.1 Å². The number of nitro groups is 1. The third-order valence-electron chi connectivity index (χ3n) is 3.01. The van der Waals surface area contributed by atoms with E-state index in [1.54, 1.807) is 0 Å². The van der Waals surface area contributed by atoms with E-state index in [0.717, 1.165) is 18.9 Å². The number of nitrogens with two attached hydrogens (primary N) is 1. The first-order chi connectivity index (χ1) is 8.49. The molecule has 1 atom stereocenters. The highest BCUT2D eigenvalue weighted by Gasteiger charge is 2.25. The Balaban J connectivity index is 2.41. The van der Waals surface area contributed by atoms with Crippen LogP contribution in [0.4, 0.5) is 15.8 Å². The van der Waals surface area contributed by atoms with Crippen LogP contribution in [0.25, 0.3) is 0 Å². The van der Waals surface area contributed by atoms with Crippen molar-refractivity contribution < 1.29 is 9.31 Å². The van der Waals surface area contributed by atoms with Crippen molar-refractivity contribution in [3.05, 3.63) is 32.5 Å². The van der Waals surface area contributed by atoms with Crippen LogP contribution in [0.15, 0.2) is 16.6 Å². The number of anilines is 1. The van der Waals surface area contributed by atoms with E-state index >= 15 is 0 Å². The number of piperidine rings is 1.